The summed E-state index contributed by atoms with van der Waals surface area (Å²) in [4.78, 5) is 16.2. The SMILES string of the molecule is COc1ccc(C(C)N(C)CC(=O)N2CCOCC2)cc1Cl. The molecule has 0 aliphatic carbocycles. The molecule has 1 atom stereocenters. The first-order valence-corrected chi connectivity index (χ1v) is 7.80. The van der Waals surface area contributed by atoms with Crippen LogP contribution >= 0.6 is 11.6 Å². The Labute approximate surface area is 136 Å². The van der Waals surface area contributed by atoms with Crippen LogP contribution < -0.4 is 4.74 Å². The molecule has 1 amide bonds. The predicted octanol–water partition coefficient (Wildman–Crippen LogP) is 2.20. The van der Waals surface area contributed by atoms with Crippen molar-refractivity contribution >= 4 is 17.5 Å². The quantitative estimate of drug-likeness (QED) is 0.832. The molecule has 1 aliphatic rings. The first-order valence-electron chi connectivity index (χ1n) is 7.42. The third kappa shape index (κ3) is 4.12. The molecule has 6 heteroatoms. The molecule has 0 aromatic heterocycles. The van der Waals surface area contributed by atoms with Gasteiger partial charge in [0.25, 0.3) is 0 Å². The molecule has 1 aromatic rings. The standard InChI is InChI=1S/C16H23ClN2O3/c1-12(13-4-5-15(21-3)14(17)10-13)18(2)11-16(20)19-6-8-22-9-7-19/h4-5,10,12H,6-9,11H2,1-3H3. The van der Waals surface area contributed by atoms with Crippen molar-refractivity contribution in [2.24, 2.45) is 0 Å². The van der Waals surface area contributed by atoms with Gasteiger partial charge in [-0.2, -0.15) is 0 Å². The summed E-state index contributed by atoms with van der Waals surface area (Å²) in [5.41, 5.74) is 1.06. The highest BCUT2D eigenvalue weighted by atomic mass is 35.5. The fourth-order valence-electron chi connectivity index (χ4n) is 2.46. The largest absolute Gasteiger partial charge is 0.495 e. The van der Waals surface area contributed by atoms with E-state index in [9.17, 15) is 4.79 Å². The molecule has 0 bridgehead atoms. The van der Waals surface area contributed by atoms with Gasteiger partial charge in [-0.3, -0.25) is 9.69 Å². The van der Waals surface area contributed by atoms with E-state index in [-0.39, 0.29) is 11.9 Å². The number of carbonyl (C=O) groups is 1. The van der Waals surface area contributed by atoms with E-state index in [1.54, 1.807) is 7.11 Å². The van der Waals surface area contributed by atoms with Crippen molar-refractivity contribution in [2.45, 2.75) is 13.0 Å². The van der Waals surface area contributed by atoms with Gasteiger partial charge in [-0.1, -0.05) is 17.7 Å². The van der Waals surface area contributed by atoms with Crippen molar-refractivity contribution < 1.29 is 14.3 Å². The minimum absolute atomic E-state index is 0.0911. The number of carbonyl (C=O) groups excluding carboxylic acids is 1. The van der Waals surface area contributed by atoms with Crippen molar-refractivity contribution in [2.75, 3.05) is 47.0 Å². The van der Waals surface area contributed by atoms with Gasteiger partial charge in [0.2, 0.25) is 5.91 Å². The number of likely N-dealkylation sites (N-methyl/N-ethyl adjacent to an activating group) is 1. The Morgan fingerprint density at radius 1 is 1.45 bits per heavy atom. The van der Waals surface area contributed by atoms with E-state index in [0.717, 1.165) is 5.56 Å². The lowest BCUT2D eigenvalue weighted by atomic mass is 10.1. The molecule has 0 saturated carbocycles. The molecule has 1 fully saturated rings. The van der Waals surface area contributed by atoms with E-state index < -0.39 is 0 Å². The monoisotopic (exact) mass is 326 g/mol. The summed E-state index contributed by atoms with van der Waals surface area (Å²) < 4.78 is 10.4. The summed E-state index contributed by atoms with van der Waals surface area (Å²) in [6, 6.07) is 5.81. The Morgan fingerprint density at radius 3 is 2.73 bits per heavy atom. The Bertz CT molecular complexity index is 518. The van der Waals surface area contributed by atoms with Crippen LogP contribution in [0.25, 0.3) is 0 Å². The van der Waals surface area contributed by atoms with E-state index in [1.165, 1.54) is 0 Å². The summed E-state index contributed by atoms with van der Waals surface area (Å²) in [6.07, 6.45) is 0. The highest BCUT2D eigenvalue weighted by Crippen LogP contribution is 2.29. The van der Waals surface area contributed by atoms with Crippen molar-refractivity contribution in [1.82, 2.24) is 9.80 Å². The van der Waals surface area contributed by atoms with Crippen LogP contribution in [0.5, 0.6) is 5.75 Å². The average Bonchev–Trinajstić information content (AvgIpc) is 2.54. The molecule has 22 heavy (non-hydrogen) atoms. The van der Waals surface area contributed by atoms with Crippen LogP contribution in [0.2, 0.25) is 5.02 Å². The van der Waals surface area contributed by atoms with Crippen molar-refractivity contribution in [3.05, 3.63) is 28.8 Å². The molecule has 0 N–H and O–H groups in total. The van der Waals surface area contributed by atoms with Gasteiger partial charge >= 0.3 is 0 Å². The number of methoxy groups -OCH3 is 1. The molecule has 5 nitrogen and oxygen atoms in total. The van der Waals surface area contributed by atoms with Crippen LogP contribution in [0, 0.1) is 0 Å². The normalized spacial score (nSPS) is 16.7. The summed E-state index contributed by atoms with van der Waals surface area (Å²) in [5.74, 6) is 0.793. The molecular weight excluding hydrogens is 304 g/mol. The Balaban J connectivity index is 1.97. The number of benzene rings is 1. The van der Waals surface area contributed by atoms with Crippen molar-refractivity contribution in [3.63, 3.8) is 0 Å². The zero-order valence-electron chi connectivity index (χ0n) is 13.3. The molecule has 122 valence electrons. The highest BCUT2D eigenvalue weighted by Gasteiger charge is 2.21. The van der Waals surface area contributed by atoms with Gasteiger partial charge in [-0.05, 0) is 31.7 Å². The second-order valence-corrected chi connectivity index (χ2v) is 5.89. The number of amides is 1. The molecule has 1 aromatic carbocycles. The van der Waals surface area contributed by atoms with Gasteiger partial charge in [-0.15, -0.1) is 0 Å². The second kappa shape index (κ2) is 7.81. The number of morpholine rings is 1. The van der Waals surface area contributed by atoms with E-state index in [4.69, 9.17) is 21.1 Å². The number of hydrogen-bond donors (Lipinski definition) is 0. The third-order valence-electron chi connectivity index (χ3n) is 4.07. The predicted molar refractivity (Wildman–Crippen MR) is 86.4 cm³/mol. The van der Waals surface area contributed by atoms with Gasteiger partial charge in [0.15, 0.2) is 0 Å². The van der Waals surface area contributed by atoms with E-state index in [2.05, 4.69) is 6.92 Å². The molecule has 0 spiro atoms. The topological polar surface area (TPSA) is 42.0 Å². The fourth-order valence-corrected chi connectivity index (χ4v) is 2.73. The lowest BCUT2D eigenvalue weighted by molar-refractivity contribution is -0.136. The zero-order valence-corrected chi connectivity index (χ0v) is 14.1. The molecule has 0 radical (unpaired) electrons. The Morgan fingerprint density at radius 2 is 2.14 bits per heavy atom. The van der Waals surface area contributed by atoms with Gasteiger partial charge < -0.3 is 14.4 Å². The fraction of sp³-hybridized carbons (Fsp3) is 0.562. The maximum Gasteiger partial charge on any atom is 0.236 e. The zero-order chi connectivity index (χ0) is 16.1. The maximum atomic E-state index is 12.3. The lowest BCUT2D eigenvalue weighted by Gasteiger charge is -2.31. The number of rotatable bonds is 5. The highest BCUT2D eigenvalue weighted by molar-refractivity contribution is 6.32. The van der Waals surface area contributed by atoms with Gasteiger partial charge in [0.05, 0.1) is 31.9 Å². The number of hydrogen-bond acceptors (Lipinski definition) is 4. The molecule has 1 saturated heterocycles. The Kier molecular flexibility index (Phi) is 6.06. The van der Waals surface area contributed by atoms with E-state index in [0.29, 0.717) is 43.6 Å². The van der Waals surface area contributed by atoms with Gasteiger partial charge in [0, 0.05) is 19.1 Å². The van der Waals surface area contributed by atoms with Crippen molar-refractivity contribution in [3.8, 4) is 5.75 Å². The molecule has 2 rings (SSSR count). The number of ether oxygens (including phenoxy) is 2. The van der Waals surface area contributed by atoms with Crippen LogP contribution in [0.1, 0.15) is 18.5 Å². The number of halogens is 1. The third-order valence-corrected chi connectivity index (χ3v) is 4.36. The van der Waals surface area contributed by atoms with Gasteiger partial charge in [0.1, 0.15) is 5.75 Å². The molecule has 1 aliphatic heterocycles. The first kappa shape index (κ1) is 17.1. The lowest BCUT2D eigenvalue weighted by Crippen LogP contribution is -2.45. The van der Waals surface area contributed by atoms with Crippen LogP contribution in [0.3, 0.4) is 0 Å². The minimum Gasteiger partial charge on any atom is -0.495 e. The minimum atomic E-state index is 0.0911. The summed E-state index contributed by atoms with van der Waals surface area (Å²) in [7, 11) is 3.54. The molecule has 1 heterocycles. The van der Waals surface area contributed by atoms with Crippen molar-refractivity contribution in [1.29, 1.82) is 0 Å². The van der Waals surface area contributed by atoms with E-state index >= 15 is 0 Å². The molecule has 1 unspecified atom stereocenters. The van der Waals surface area contributed by atoms with E-state index in [1.807, 2.05) is 35.0 Å². The van der Waals surface area contributed by atoms with Gasteiger partial charge in [-0.25, -0.2) is 0 Å². The first-order chi connectivity index (χ1) is 10.5. The summed E-state index contributed by atoms with van der Waals surface area (Å²) >= 11 is 6.17. The van der Waals surface area contributed by atoms with Crippen LogP contribution in [-0.2, 0) is 9.53 Å². The summed E-state index contributed by atoms with van der Waals surface area (Å²) in [5, 5.41) is 0.583. The van der Waals surface area contributed by atoms with Crippen LogP contribution in [0.15, 0.2) is 18.2 Å². The second-order valence-electron chi connectivity index (χ2n) is 5.48. The smallest absolute Gasteiger partial charge is 0.236 e. The summed E-state index contributed by atoms with van der Waals surface area (Å²) in [6.45, 7) is 5.04. The number of nitrogens with zero attached hydrogens (tertiary/aromatic N) is 2. The maximum absolute atomic E-state index is 12.3. The van der Waals surface area contributed by atoms with Crippen LogP contribution in [-0.4, -0.2) is 62.7 Å². The van der Waals surface area contributed by atoms with Crippen LogP contribution in [0.4, 0.5) is 0 Å². The average molecular weight is 327 g/mol. The molecular formula is C16H23ClN2O3. The Hall–Kier alpha value is -1.30.